The predicted molar refractivity (Wildman–Crippen MR) is 51.1 cm³/mol. The highest BCUT2D eigenvalue weighted by atomic mass is 35.5. The summed E-state index contributed by atoms with van der Waals surface area (Å²) >= 11 is 5.72. The highest BCUT2D eigenvalue weighted by Gasteiger charge is 2.02. The number of rotatable bonds is 1. The van der Waals surface area contributed by atoms with Crippen molar-refractivity contribution in [3.8, 4) is 5.75 Å². The van der Waals surface area contributed by atoms with Crippen LogP contribution in [0.1, 0.15) is 0 Å². The summed E-state index contributed by atoms with van der Waals surface area (Å²) in [5.74, 6) is 0.758. The fourth-order valence-corrected chi connectivity index (χ4v) is 1.30. The van der Waals surface area contributed by atoms with Gasteiger partial charge in [0.25, 0.3) is 0 Å². The molecule has 2 heterocycles. The van der Waals surface area contributed by atoms with Gasteiger partial charge in [-0.25, -0.2) is 9.97 Å². The maximum Gasteiger partial charge on any atom is 0.164 e. The molecule has 0 bridgehead atoms. The molecule has 2 aromatic rings. The SMILES string of the molecule is COc1ccnc2nc(Cl)ccc12. The summed E-state index contributed by atoms with van der Waals surface area (Å²) in [6.45, 7) is 0. The summed E-state index contributed by atoms with van der Waals surface area (Å²) < 4.78 is 5.14. The molecule has 0 amide bonds. The van der Waals surface area contributed by atoms with Gasteiger partial charge in [-0.05, 0) is 18.2 Å². The standard InChI is InChI=1S/C9H7ClN2O/c1-13-7-4-5-11-9-6(7)2-3-8(10)12-9/h2-5H,1H3. The number of pyridine rings is 2. The van der Waals surface area contributed by atoms with Crippen molar-refractivity contribution in [2.75, 3.05) is 7.11 Å². The Hall–Kier alpha value is -1.35. The smallest absolute Gasteiger partial charge is 0.164 e. The molecule has 0 fully saturated rings. The van der Waals surface area contributed by atoms with E-state index >= 15 is 0 Å². The second kappa shape index (κ2) is 3.18. The van der Waals surface area contributed by atoms with Crippen LogP contribution in [0, 0.1) is 0 Å². The highest BCUT2D eigenvalue weighted by molar-refractivity contribution is 6.29. The van der Waals surface area contributed by atoms with Gasteiger partial charge in [0.05, 0.1) is 12.5 Å². The molecule has 0 N–H and O–H groups in total. The predicted octanol–water partition coefficient (Wildman–Crippen LogP) is 2.29. The number of hydrogen-bond donors (Lipinski definition) is 0. The van der Waals surface area contributed by atoms with E-state index in [2.05, 4.69) is 9.97 Å². The van der Waals surface area contributed by atoms with Gasteiger partial charge in [0.2, 0.25) is 0 Å². The molecule has 0 aliphatic rings. The fourth-order valence-electron chi connectivity index (χ4n) is 1.16. The van der Waals surface area contributed by atoms with Crippen LogP contribution in [0.5, 0.6) is 5.75 Å². The van der Waals surface area contributed by atoms with Crippen LogP contribution in [-0.4, -0.2) is 17.1 Å². The number of hydrogen-bond acceptors (Lipinski definition) is 3. The van der Waals surface area contributed by atoms with Gasteiger partial charge in [0.15, 0.2) is 5.65 Å². The molecular formula is C9H7ClN2O. The van der Waals surface area contributed by atoms with Crippen molar-refractivity contribution in [2.24, 2.45) is 0 Å². The lowest BCUT2D eigenvalue weighted by atomic mass is 10.3. The summed E-state index contributed by atoms with van der Waals surface area (Å²) in [5.41, 5.74) is 0.604. The van der Waals surface area contributed by atoms with Gasteiger partial charge in [-0.3, -0.25) is 0 Å². The van der Waals surface area contributed by atoms with E-state index in [0.717, 1.165) is 11.1 Å². The van der Waals surface area contributed by atoms with Crippen LogP contribution in [0.25, 0.3) is 11.0 Å². The maximum atomic E-state index is 5.72. The first-order valence-electron chi connectivity index (χ1n) is 3.76. The van der Waals surface area contributed by atoms with Crippen LogP contribution >= 0.6 is 11.6 Å². The Morgan fingerprint density at radius 3 is 2.92 bits per heavy atom. The minimum atomic E-state index is 0.438. The molecule has 0 aliphatic carbocycles. The lowest BCUT2D eigenvalue weighted by Crippen LogP contribution is -1.88. The first-order chi connectivity index (χ1) is 6.31. The first kappa shape index (κ1) is 8.26. The Morgan fingerprint density at radius 2 is 2.15 bits per heavy atom. The van der Waals surface area contributed by atoms with Gasteiger partial charge < -0.3 is 4.74 Å². The number of nitrogens with zero attached hydrogens (tertiary/aromatic N) is 2. The van der Waals surface area contributed by atoms with Crippen LogP contribution in [0.15, 0.2) is 24.4 Å². The molecule has 0 saturated carbocycles. The minimum absolute atomic E-state index is 0.438. The van der Waals surface area contributed by atoms with Crippen LogP contribution in [-0.2, 0) is 0 Å². The van der Waals surface area contributed by atoms with Crippen molar-refractivity contribution in [3.63, 3.8) is 0 Å². The number of methoxy groups -OCH3 is 1. The summed E-state index contributed by atoms with van der Waals surface area (Å²) in [6, 6.07) is 5.35. The molecule has 0 unspecified atom stereocenters. The van der Waals surface area contributed by atoms with Crippen molar-refractivity contribution in [2.45, 2.75) is 0 Å². The Bertz CT molecular complexity index is 445. The molecule has 0 saturated heterocycles. The first-order valence-corrected chi connectivity index (χ1v) is 4.14. The van der Waals surface area contributed by atoms with E-state index in [1.165, 1.54) is 0 Å². The average Bonchev–Trinajstić information content (AvgIpc) is 2.16. The van der Waals surface area contributed by atoms with Crippen LogP contribution in [0.3, 0.4) is 0 Å². The lowest BCUT2D eigenvalue weighted by molar-refractivity contribution is 0.419. The van der Waals surface area contributed by atoms with Gasteiger partial charge in [0, 0.05) is 6.20 Å². The van der Waals surface area contributed by atoms with Crippen molar-refractivity contribution >= 4 is 22.6 Å². The molecular weight excluding hydrogens is 188 g/mol. The molecule has 3 nitrogen and oxygen atoms in total. The Labute approximate surface area is 80.3 Å². The molecule has 66 valence electrons. The zero-order valence-electron chi connectivity index (χ0n) is 6.99. The van der Waals surface area contributed by atoms with Crippen molar-refractivity contribution in [1.29, 1.82) is 0 Å². The molecule has 13 heavy (non-hydrogen) atoms. The normalized spacial score (nSPS) is 10.3. The van der Waals surface area contributed by atoms with E-state index in [-0.39, 0.29) is 0 Å². The molecule has 0 aromatic carbocycles. The second-order valence-electron chi connectivity index (χ2n) is 2.52. The molecule has 0 spiro atoms. The van der Waals surface area contributed by atoms with Gasteiger partial charge in [0.1, 0.15) is 10.9 Å². The Kier molecular flexibility index (Phi) is 2.02. The average molecular weight is 195 g/mol. The minimum Gasteiger partial charge on any atom is -0.496 e. The maximum absolute atomic E-state index is 5.72. The zero-order valence-corrected chi connectivity index (χ0v) is 7.75. The van der Waals surface area contributed by atoms with Crippen molar-refractivity contribution in [1.82, 2.24) is 9.97 Å². The Balaban J connectivity index is 2.77. The summed E-state index contributed by atoms with van der Waals surface area (Å²) in [5, 5.41) is 1.31. The third-order valence-corrected chi connectivity index (χ3v) is 1.96. The topological polar surface area (TPSA) is 35.0 Å². The number of aromatic nitrogens is 2. The summed E-state index contributed by atoms with van der Waals surface area (Å²) in [4.78, 5) is 8.13. The van der Waals surface area contributed by atoms with E-state index in [9.17, 15) is 0 Å². The van der Waals surface area contributed by atoms with Gasteiger partial charge in [-0.1, -0.05) is 11.6 Å². The van der Waals surface area contributed by atoms with Crippen molar-refractivity contribution < 1.29 is 4.74 Å². The molecule has 4 heteroatoms. The van der Waals surface area contributed by atoms with E-state index in [4.69, 9.17) is 16.3 Å². The van der Waals surface area contributed by atoms with Gasteiger partial charge in [-0.2, -0.15) is 0 Å². The van der Waals surface area contributed by atoms with E-state index in [1.807, 2.05) is 6.07 Å². The summed E-state index contributed by atoms with van der Waals surface area (Å²) in [6.07, 6.45) is 1.64. The molecule has 2 rings (SSSR count). The summed E-state index contributed by atoms with van der Waals surface area (Å²) in [7, 11) is 1.61. The number of halogens is 1. The highest BCUT2D eigenvalue weighted by Crippen LogP contribution is 2.22. The molecule has 0 atom stereocenters. The van der Waals surface area contributed by atoms with E-state index in [0.29, 0.717) is 10.8 Å². The van der Waals surface area contributed by atoms with Gasteiger partial charge >= 0.3 is 0 Å². The quantitative estimate of drug-likeness (QED) is 0.654. The number of fused-ring (bicyclic) bond motifs is 1. The fraction of sp³-hybridized carbons (Fsp3) is 0.111. The largest absolute Gasteiger partial charge is 0.496 e. The van der Waals surface area contributed by atoms with E-state index in [1.54, 1.807) is 25.4 Å². The second-order valence-corrected chi connectivity index (χ2v) is 2.91. The van der Waals surface area contributed by atoms with Crippen LogP contribution in [0.2, 0.25) is 5.15 Å². The monoisotopic (exact) mass is 194 g/mol. The molecule has 0 radical (unpaired) electrons. The van der Waals surface area contributed by atoms with E-state index < -0.39 is 0 Å². The lowest BCUT2D eigenvalue weighted by Gasteiger charge is -2.02. The molecule has 2 aromatic heterocycles. The van der Waals surface area contributed by atoms with Crippen LogP contribution in [0.4, 0.5) is 0 Å². The number of ether oxygens (including phenoxy) is 1. The van der Waals surface area contributed by atoms with Crippen molar-refractivity contribution in [3.05, 3.63) is 29.5 Å². The third kappa shape index (κ3) is 1.42. The third-order valence-electron chi connectivity index (χ3n) is 1.75. The zero-order chi connectivity index (χ0) is 9.26. The van der Waals surface area contributed by atoms with Gasteiger partial charge in [-0.15, -0.1) is 0 Å². The Morgan fingerprint density at radius 1 is 1.31 bits per heavy atom. The van der Waals surface area contributed by atoms with Crippen LogP contribution < -0.4 is 4.74 Å². The molecule has 0 aliphatic heterocycles.